The van der Waals surface area contributed by atoms with Crippen molar-refractivity contribution >= 4 is 55.9 Å². The Morgan fingerprint density at radius 2 is 1.27 bits per heavy atom. The van der Waals surface area contributed by atoms with Gasteiger partial charge >= 0.3 is 0 Å². The molecule has 0 saturated carbocycles. The predicted molar refractivity (Wildman–Crippen MR) is 145 cm³/mol. The third kappa shape index (κ3) is 3.23. The highest BCUT2D eigenvalue weighted by Crippen LogP contribution is 2.55. The third-order valence-corrected chi connectivity index (χ3v) is 7.04. The molecule has 0 fully saturated rings. The molecular formula is C30H23BrN2. The van der Waals surface area contributed by atoms with Gasteiger partial charge in [0.15, 0.2) is 0 Å². The Kier molecular flexibility index (Phi) is 4.92. The molecule has 1 unspecified atom stereocenters. The first-order chi connectivity index (χ1) is 16.2. The molecule has 1 atom stereocenters. The molecule has 0 aromatic heterocycles. The van der Waals surface area contributed by atoms with Crippen molar-refractivity contribution in [3.05, 3.63) is 124 Å². The SMILES string of the molecule is CN1c2c3c(c4ccccc4c2N(c2ccc(Br)cc2)C1c1ccccc1)/C=C/C=C/C=C3. The average Bonchev–Trinajstić information content (AvgIpc) is 3.13. The molecule has 3 heteroatoms. The normalized spacial score (nSPS) is 18.5. The van der Waals surface area contributed by atoms with Crippen molar-refractivity contribution < 1.29 is 0 Å². The number of hydrogen-bond donors (Lipinski definition) is 0. The van der Waals surface area contributed by atoms with Crippen molar-refractivity contribution in [1.82, 2.24) is 0 Å². The lowest BCUT2D eigenvalue weighted by Crippen LogP contribution is -2.30. The minimum Gasteiger partial charge on any atom is -0.348 e. The van der Waals surface area contributed by atoms with Crippen molar-refractivity contribution in [1.29, 1.82) is 0 Å². The molecule has 1 aliphatic carbocycles. The van der Waals surface area contributed by atoms with Gasteiger partial charge in [-0.25, -0.2) is 0 Å². The number of anilines is 3. The van der Waals surface area contributed by atoms with Crippen molar-refractivity contribution in [2.24, 2.45) is 0 Å². The number of benzene rings is 4. The number of nitrogens with zero attached hydrogens (tertiary/aromatic N) is 2. The first kappa shape index (κ1) is 20.1. The Morgan fingerprint density at radius 1 is 0.636 bits per heavy atom. The van der Waals surface area contributed by atoms with Crippen LogP contribution in [0.4, 0.5) is 17.1 Å². The molecule has 4 aromatic carbocycles. The van der Waals surface area contributed by atoms with E-state index in [0.717, 1.165) is 4.47 Å². The molecule has 6 rings (SSSR count). The molecule has 160 valence electrons. The molecule has 0 N–H and O–H groups in total. The Bertz CT molecular complexity index is 1430. The highest BCUT2D eigenvalue weighted by molar-refractivity contribution is 9.10. The van der Waals surface area contributed by atoms with E-state index in [-0.39, 0.29) is 6.17 Å². The van der Waals surface area contributed by atoms with Crippen LogP contribution in [-0.4, -0.2) is 7.05 Å². The number of allylic oxidation sites excluding steroid dienone is 4. The fourth-order valence-electron chi connectivity index (χ4n) is 5.12. The van der Waals surface area contributed by atoms with Crippen LogP contribution in [0, 0.1) is 0 Å². The van der Waals surface area contributed by atoms with Crippen LogP contribution in [-0.2, 0) is 0 Å². The van der Waals surface area contributed by atoms with Crippen LogP contribution in [0.15, 0.2) is 108 Å². The molecule has 0 spiro atoms. The van der Waals surface area contributed by atoms with Crippen molar-refractivity contribution in [3.8, 4) is 0 Å². The second-order valence-electron chi connectivity index (χ2n) is 8.41. The largest absolute Gasteiger partial charge is 0.348 e. The zero-order chi connectivity index (χ0) is 22.4. The van der Waals surface area contributed by atoms with E-state index in [1.807, 2.05) is 0 Å². The monoisotopic (exact) mass is 490 g/mol. The van der Waals surface area contributed by atoms with Gasteiger partial charge in [-0.1, -0.05) is 107 Å². The van der Waals surface area contributed by atoms with E-state index in [1.54, 1.807) is 0 Å². The minimum atomic E-state index is 0.0515. The summed E-state index contributed by atoms with van der Waals surface area (Å²) < 4.78 is 1.08. The highest BCUT2D eigenvalue weighted by atomic mass is 79.9. The standard InChI is InChI=1S/C30H23BrN2/c1-32-28-26-15-8-3-2-7-13-24(26)25-14-9-10-16-27(25)29(28)33(23-19-17-22(31)18-20-23)30(32)21-11-5-4-6-12-21/h2-20,30H,1H3/b3-2+,7-2?,8-3?,13-7+,15-8?,24-13?,26-15?. The van der Waals surface area contributed by atoms with Gasteiger partial charge < -0.3 is 9.80 Å². The molecule has 2 nitrogen and oxygen atoms in total. The van der Waals surface area contributed by atoms with Gasteiger partial charge in [0.25, 0.3) is 0 Å². The van der Waals surface area contributed by atoms with E-state index in [0.29, 0.717) is 0 Å². The van der Waals surface area contributed by atoms with Gasteiger partial charge in [0.2, 0.25) is 0 Å². The Balaban J connectivity index is 1.73. The second kappa shape index (κ2) is 8.09. The molecule has 1 heterocycles. The van der Waals surface area contributed by atoms with Gasteiger partial charge in [0.05, 0.1) is 11.4 Å². The molecule has 0 radical (unpaired) electrons. The fourth-order valence-corrected chi connectivity index (χ4v) is 5.39. The van der Waals surface area contributed by atoms with Crippen LogP contribution in [0.5, 0.6) is 0 Å². The molecule has 2 aliphatic rings. The summed E-state index contributed by atoms with van der Waals surface area (Å²) in [5.74, 6) is 0. The fraction of sp³-hybridized carbons (Fsp3) is 0.0667. The number of fused-ring (bicyclic) bond motifs is 6. The van der Waals surface area contributed by atoms with Gasteiger partial charge in [-0.05, 0) is 40.8 Å². The van der Waals surface area contributed by atoms with Crippen LogP contribution in [0.1, 0.15) is 22.9 Å². The first-order valence-electron chi connectivity index (χ1n) is 11.2. The van der Waals surface area contributed by atoms with E-state index in [1.165, 1.54) is 44.5 Å². The predicted octanol–water partition coefficient (Wildman–Crippen LogP) is 8.49. The second-order valence-corrected chi connectivity index (χ2v) is 9.33. The summed E-state index contributed by atoms with van der Waals surface area (Å²) in [7, 11) is 2.22. The summed E-state index contributed by atoms with van der Waals surface area (Å²) in [6.07, 6.45) is 13.0. The zero-order valence-electron chi connectivity index (χ0n) is 18.3. The topological polar surface area (TPSA) is 6.48 Å². The molecule has 0 bridgehead atoms. The molecular weight excluding hydrogens is 468 g/mol. The molecule has 4 aromatic rings. The Hall–Kier alpha value is -3.56. The van der Waals surface area contributed by atoms with Crippen LogP contribution in [0.25, 0.3) is 22.9 Å². The van der Waals surface area contributed by atoms with Gasteiger partial charge in [-0.3, -0.25) is 0 Å². The van der Waals surface area contributed by atoms with E-state index in [4.69, 9.17) is 0 Å². The zero-order valence-corrected chi connectivity index (χ0v) is 19.9. The lowest BCUT2D eigenvalue weighted by Gasteiger charge is -2.31. The third-order valence-electron chi connectivity index (χ3n) is 6.51. The van der Waals surface area contributed by atoms with Gasteiger partial charge in [0.1, 0.15) is 6.17 Å². The molecule has 33 heavy (non-hydrogen) atoms. The molecule has 0 amide bonds. The van der Waals surface area contributed by atoms with E-state index >= 15 is 0 Å². The lowest BCUT2D eigenvalue weighted by atomic mass is 9.93. The number of halogens is 1. The highest BCUT2D eigenvalue weighted by Gasteiger charge is 2.39. The van der Waals surface area contributed by atoms with Gasteiger partial charge in [0, 0.05) is 28.2 Å². The smallest absolute Gasteiger partial charge is 0.132 e. The van der Waals surface area contributed by atoms with Crippen LogP contribution >= 0.6 is 15.9 Å². The molecule has 1 aliphatic heterocycles. The summed E-state index contributed by atoms with van der Waals surface area (Å²) in [6.45, 7) is 0. The Morgan fingerprint density at radius 3 is 2.00 bits per heavy atom. The summed E-state index contributed by atoms with van der Waals surface area (Å²) in [5.41, 5.74) is 7.48. The average molecular weight is 491 g/mol. The maximum atomic E-state index is 3.61. The summed E-state index contributed by atoms with van der Waals surface area (Å²) in [4.78, 5) is 4.92. The van der Waals surface area contributed by atoms with E-state index in [2.05, 4.69) is 148 Å². The number of hydrogen-bond acceptors (Lipinski definition) is 2. The van der Waals surface area contributed by atoms with Crippen LogP contribution in [0.2, 0.25) is 0 Å². The first-order valence-corrected chi connectivity index (χ1v) is 12.0. The van der Waals surface area contributed by atoms with Gasteiger partial charge in [-0.2, -0.15) is 0 Å². The van der Waals surface area contributed by atoms with Crippen molar-refractivity contribution in [2.45, 2.75) is 6.17 Å². The quantitative estimate of drug-likeness (QED) is 0.277. The summed E-state index contributed by atoms with van der Waals surface area (Å²) >= 11 is 3.61. The number of rotatable bonds is 2. The van der Waals surface area contributed by atoms with Crippen LogP contribution in [0.3, 0.4) is 0 Å². The minimum absolute atomic E-state index is 0.0515. The maximum Gasteiger partial charge on any atom is 0.132 e. The van der Waals surface area contributed by atoms with E-state index < -0.39 is 0 Å². The lowest BCUT2D eigenvalue weighted by molar-refractivity contribution is 0.719. The summed E-state index contributed by atoms with van der Waals surface area (Å²) in [5, 5.41) is 2.54. The Labute approximate surface area is 202 Å². The van der Waals surface area contributed by atoms with Crippen LogP contribution < -0.4 is 9.80 Å². The van der Waals surface area contributed by atoms with Crippen molar-refractivity contribution in [2.75, 3.05) is 16.8 Å². The maximum absolute atomic E-state index is 3.61. The van der Waals surface area contributed by atoms with Crippen molar-refractivity contribution in [3.63, 3.8) is 0 Å². The molecule has 0 saturated heterocycles. The summed E-state index contributed by atoms with van der Waals surface area (Å²) in [6, 6.07) is 28.2. The van der Waals surface area contributed by atoms with Gasteiger partial charge in [-0.15, -0.1) is 0 Å². The van der Waals surface area contributed by atoms with E-state index in [9.17, 15) is 0 Å².